The van der Waals surface area contributed by atoms with Crippen molar-refractivity contribution in [3.05, 3.63) is 84.6 Å². The molecular formula is C20H19N2O2P. The van der Waals surface area contributed by atoms with Gasteiger partial charge in [0.25, 0.3) is 0 Å². The molecule has 1 N–H and O–H groups in total. The van der Waals surface area contributed by atoms with Crippen LogP contribution < -0.4 is 15.9 Å². The van der Waals surface area contributed by atoms with E-state index in [9.17, 15) is 9.36 Å². The van der Waals surface area contributed by atoms with E-state index in [1.165, 1.54) is 0 Å². The van der Waals surface area contributed by atoms with E-state index >= 15 is 0 Å². The summed E-state index contributed by atoms with van der Waals surface area (Å²) in [5, 5.41) is 4.09. The van der Waals surface area contributed by atoms with Gasteiger partial charge in [-0.1, -0.05) is 66.7 Å². The molecule has 0 spiro atoms. The molecule has 1 heterocycles. The number of carbonyl (C=O) groups is 1. The van der Waals surface area contributed by atoms with E-state index in [0.717, 1.165) is 5.56 Å². The summed E-state index contributed by atoms with van der Waals surface area (Å²) in [5.74, 6) is 0.149. The molecule has 0 radical (unpaired) electrons. The van der Waals surface area contributed by atoms with Crippen LogP contribution in [0.4, 0.5) is 5.82 Å². The Hall–Kier alpha value is -2.71. The predicted octanol–water partition coefficient (Wildman–Crippen LogP) is 3.34. The summed E-state index contributed by atoms with van der Waals surface area (Å²) in [6.07, 6.45) is 1.58. The number of aryl methyl sites for hydroxylation is 1. The van der Waals surface area contributed by atoms with Crippen LogP contribution in [-0.4, -0.2) is 17.1 Å². The number of amides is 1. The molecule has 3 rings (SSSR count). The lowest BCUT2D eigenvalue weighted by Gasteiger charge is -2.19. The minimum absolute atomic E-state index is 0.101. The van der Waals surface area contributed by atoms with Gasteiger partial charge in [0.05, 0.1) is 6.16 Å². The summed E-state index contributed by atoms with van der Waals surface area (Å²) in [7, 11) is -3.07. The van der Waals surface area contributed by atoms with E-state index < -0.39 is 7.14 Å². The normalized spacial score (nSPS) is 11.1. The molecule has 0 bridgehead atoms. The number of aromatic nitrogens is 1. The maximum atomic E-state index is 13.8. The number of pyridine rings is 1. The minimum Gasteiger partial charge on any atom is -0.313 e. The first-order valence-electron chi connectivity index (χ1n) is 8.01. The molecule has 0 aliphatic carbocycles. The van der Waals surface area contributed by atoms with Crippen LogP contribution in [0.25, 0.3) is 0 Å². The number of rotatable bonds is 5. The average Bonchev–Trinajstić information content (AvgIpc) is 2.65. The molecule has 0 unspecified atom stereocenters. The summed E-state index contributed by atoms with van der Waals surface area (Å²) < 4.78 is 13.8. The van der Waals surface area contributed by atoms with Gasteiger partial charge >= 0.3 is 0 Å². The first-order valence-corrected chi connectivity index (χ1v) is 9.90. The summed E-state index contributed by atoms with van der Waals surface area (Å²) in [6.45, 7) is 1.93. The maximum absolute atomic E-state index is 13.8. The monoisotopic (exact) mass is 350 g/mol. The van der Waals surface area contributed by atoms with Crippen LogP contribution >= 0.6 is 7.14 Å². The molecule has 25 heavy (non-hydrogen) atoms. The van der Waals surface area contributed by atoms with Crippen molar-refractivity contribution >= 4 is 29.5 Å². The molecule has 1 amide bonds. The number of nitrogens with one attached hydrogen (secondary N) is 1. The van der Waals surface area contributed by atoms with Gasteiger partial charge in [0.15, 0.2) is 7.14 Å². The minimum atomic E-state index is -3.07. The highest BCUT2D eigenvalue weighted by atomic mass is 31.2. The van der Waals surface area contributed by atoms with E-state index in [0.29, 0.717) is 16.4 Å². The first kappa shape index (κ1) is 17.1. The third-order valence-electron chi connectivity index (χ3n) is 3.89. The highest BCUT2D eigenvalue weighted by molar-refractivity contribution is 7.79. The average molecular weight is 350 g/mol. The van der Waals surface area contributed by atoms with Gasteiger partial charge in [-0.15, -0.1) is 0 Å². The molecule has 4 nitrogen and oxygen atoms in total. The van der Waals surface area contributed by atoms with Gasteiger partial charge in [-0.05, 0) is 18.6 Å². The number of carbonyl (C=O) groups excluding carboxylic acids is 1. The number of nitrogens with zero attached hydrogens (tertiary/aromatic N) is 1. The summed E-state index contributed by atoms with van der Waals surface area (Å²) >= 11 is 0. The Morgan fingerprint density at radius 1 is 0.920 bits per heavy atom. The van der Waals surface area contributed by atoms with E-state index in [4.69, 9.17) is 0 Å². The molecule has 0 aliphatic rings. The van der Waals surface area contributed by atoms with Crippen molar-refractivity contribution in [3.63, 3.8) is 0 Å². The molecule has 0 saturated heterocycles. The Kier molecular flexibility index (Phi) is 5.11. The first-order chi connectivity index (χ1) is 12.1. The molecule has 0 aliphatic heterocycles. The lowest BCUT2D eigenvalue weighted by Crippen LogP contribution is -2.26. The quantitative estimate of drug-likeness (QED) is 0.718. The third-order valence-corrected chi connectivity index (χ3v) is 6.89. The van der Waals surface area contributed by atoms with Crippen LogP contribution in [-0.2, 0) is 9.36 Å². The second-order valence-corrected chi connectivity index (χ2v) is 8.67. The maximum Gasteiger partial charge on any atom is 0.233 e. The third kappa shape index (κ3) is 4.04. The van der Waals surface area contributed by atoms with Crippen LogP contribution in [0.1, 0.15) is 5.56 Å². The number of hydrogen-bond donors (Lipinski definition) is 1. The van der Waals surface area contributed by atoms with Crippen LogP contribution in [0.3, 0.4) is 0 Å². The van der Waals surface area contributed by atoms with Crippen LogP contribution in [0.5, 0.6) is 0 Å². The molecule has 0 atom stereocenters. The summed E-state index contributed by atoms with van der Waals surface area (Å²) in [6, 6.07) is 21.9. The van der Waals surface area contributed by atoms with E-state index in [1.54, 1.807) is 12.3 Å². The van der Waals surface area contributed by atoms with Crippen molar-refractivity contribution in [2.24, 2.45) is 0 Å². The van der Waals surface area contributed by atoms with Crippen LogP contribution in [0.2, 0.25) is 0 Å². The highest BCUT2D eigenvalue weighted by Gasteiger charge is 2.30. The smallest absolute Gasteiger partial charge is 0.233 e. The Morgan fingerprint density at radius 2 is 1.48 bits per heavy atom. The molecule has 5 heteroatoms. The van der Waals surface area contributed by atoms with Crippen molar-refractivity contribution in [1.29, 1.82) is 0 Å². The van der Waals surface area contributed by atoms with Gasteiger partial charge in [-0.2, -0.15) is 0 Å². The van der Waals surface area contributed by atoms with Crippen LogP contribution in [0, 0.1) is 6.92 Å². The van der Waals surface area contributed by atoms with Gasteiger partial charge in [-0.3, -0.25) is 4.79 Å². The molecule has 0 saturated carbocycles. The summed E-state index contributed by atoms with van der Waals surface area (Å²) in [4.78, 5) is 16.7. The molecular weight excluding hydrogens is 331 g/mol. The zero-order valence-electron chi connectivity index (χ0n) is 13.9. The van der Waals surface area contributed by atoms with Gasteiger partial charge < -0.3 is 9.88 Å². The fourth-order valence-corrected chi connectivity index (χ4v) is 5.05. The Bertz CT molecular complexity index is 850. The predicted molar refractivity (Wildman–Crippen MR) is 102 cm³/mol. The van der Waals surface area contributed by atoms with Crippen molar-refractivity contribution in [1.82, 2.24) is 4.98 Å². The SMILES string of the molecule is Cc1ccc(NC(=O)CP(=O)(c2ccccc2)c2ccccc2)nc1. The fourth-order valence-electron chi connectivity index (χ4n) is 2.60. The molecule has 3 aromatic rings. The Morgan fingerprint density at radius 3 is 1.96 bits per heavy atom. The number of benzene rings is 2. The zero-order valence-corrected chi connectivity index (χ0v) is 14.8. The molecule has 0 fully saturated rings. The molecule has 1 aromatic heterocycles. The topological polar surface area (TPSA) is 59.1 Å². The highest BCUT2D eigenvalue weighted by Crippen LogP contribution is 2.43. The second-order valence-electron chi connectivity index (χ2n) is 5.84. The van der Waals surface area contributed by atoms with E-state index in [2.05, 4.69) is 10.3 Å². The lowest BCUT2D eigenvalue weighted by atomic mass is 10.3. The van der Waals surface area contributed by atoms with E-state index in [-0.39, 0.29) is 12.1 Å². The van der Waals surface area contributed by atoms with Gasteiger partial charge in [-0.25, -0.2) is 4.98 Å². The van der Waals surface area contributed by atoms with Crippen molar-refractivity contribution < 1.29 is 9.36 Å². The second kappa shape index (κ2) is 7.45. The largest absolute Gasteiger partial charge is 0.313 e. The van der Waals surface area contributed by atoms with Crippen molar-refractivity contribution in [2.75, 3.05) is 11.5 Å². The van der Waals surface area contributed by atoms with Crippen molar-refractivity contribution in [3.8, 4) is 0 Å². The zero-order chi connectivity index (χ0) is 17.7. The molecule has 126 valence electrons. The van der Waals surface area contributed by atoms with Crippen LogP contribution in [0.15, 0.2) is 79.0 Å². The lowest BCUT2D eigenvalue weighted by molar-refractivity contribution is -0.113. The van der Waals surface area contributed by atoms with E-state index in [1.807, 2.05) is 73.7 Å². The Labute approximate surface area is 147 Å². The number of anilines is 1. The van der Waals surface area contributed by atoms with Gasteiger partial charge in [0, 0.05) is 16.8 Å². The standard InChI is InChI=1S/C20H19N2O2P/c1-16-12-13-19(21-14-16)22-20(23)15-25(24,17-8-4-2-5-9-17)18-10-6-3-7-11-18/h2-14H,15H2,1H3,(H,21,22,23). The molecule has 2 aromatic carbocycles. The summed E-state index contributed by atoms with van der Waals surface area (Å²) in [5.41, 5.74) is 1.01. The van der Waals surface area contributed by atoms with Gasteiger partial charge in [0.2, 0.25) is 5.91 Å². The fraction of sp³-hybridized carbons (Fsp3) is 0.100. The number of hydrogen-bond acceptors (Lipinski definition) is 3. The Balaban J connectivity index is 1.89. The van der Waals surface area contributed by atoms with Crippen molar-refractivity contribution in [2.45, 2.75) is 6.92 Å². The van der Waals surface area contributed by atoms with Gasteiger partial charge in [0.1, 0.15) is 5.82 Å².